The van der Waals surface area contributed by atoms with Crippen molar-refractivity contribution in [2.45, 2.75) is 44.8 Å². The summed E-state index contributed by atoms with van der Waals surface area (Å²) in [6.07, 6.45) is 2.73. The number of pyridine rings is 1. The molecule has 0 unspecified atom stereocenters. The van der Waals surface area contributed by atoms with Gasteiger partial charge in [0.25, 0.3) is 0 Å². The van der Waals surface area contributed by atoms with Gasteiger partial charge in [-0.15, -0.1) is 0 Å². The molecule has 1 amide bonds. The third-order valence-corrected chi connectivity index (χ3v) is 4.71. The van der Waals surface area contributed by atoms with E-state index in [1.807, 2.05) is 32.9 Å². The van der Waals surface area contributed by atoms with Gasteiger partial charge in [0, 0.05) is 29.2 Å². The first-order chi connectivity index (χ1) is 10.1. The van der Waals surface area contributed by atoms with Crippen molar-refractivity contribution in [1.82, 2.24) is 9.88 Å². The van der Waals surface area contributed by atoms with Crippen LogP contribution in [0.3, 0.4) is 0 Å². The molecule has 2 fully saturated rings. The van der Waals surface area contributed by atoms with Crippen molar-refractivity contribution in [3.63, 3.8) is 0 Å². The van der Waals surface area contributed by atoms with Crippen LogP contribution < -0.4 is 0 Å². The van der Waals surface area contributed by atoms with Gasteiger partial charge in [-0.2, -0.15) is 0 Å². The Bertz CT molecular complexity index is 580. The normalized spacial score (nSPS) is 22.0. The molecule has 6 heteroatoms. The van der Waals surface area contributed by atoms with Crippen molar-refractivity contribution in [3.05, 3.63) is 28.5 Å². The van der Waals surface area contributed by atoms with E-state index in [-0.39, 0.29) is 11.5 Å². The Hall–Kier alpha value is -1.14. The smallest absolute Gasteiger partial charge is 0.410 e. The number of aromatic nitrogens is 1. The molecule has 0 atom stereocenters. The molecule has 1 saturated carbocycles. The van der Waals surface area contributed by atoms with Crippen LogP contribution in [0.4, 0.5) is 4.79 Å². The molecular formula is C16H21BrN2O3. The number of carbonyl (C=O) groups excluding carboxylic acids is 1. The third kappa shape index (κ3) is 2.86. The van der Waals surface area contributed by atoms with Crippen LogP contribution in [0.25, 0.3) is 0 Å². The van der Waals surface area contributed by atoms with E-state index in [0.29, 0.717) is 31.6 Å². The fourth-order valence-corrected chi connectivity index (χ4v) is 3.70. The first-order valence-electron chi connectivity index (χ1n) is 7.43. The van der Waals surface area contributed by atoms with Crippen LogP contribution in [0.5, 0.6) is 0 Å². The van der Waals surface area contributed by atoms with Gasteiger partial charge in [-0.05, 0) is 61.7 Å². The van der Waals surface area contributed by atoms with Gasteiger partial charge in [0.15, 0.2) is 0 Å². The third-order valence-electron chi connectivity index (χ3n) is 4.24. The van der Waals surface area contributed by atoms with Crippen molar-refractivity contribution in [3.8, 4) is 0 Å². The first kappa shape index (κ1) is 15.7. The maximum atomic E-state index is 12.0. The van der Waals surface area contributed by atoms with E-state index in [2.05, 4.69) is 20.9 Å². The molecule has 1 aliphatic carbocycles. The largest absolute Gasteiger partial charge is 0.444 e. The summed E-state index contributed by atoms with van der Waals surface area (Å²) >= 11 is 3.34. The van der Waals surface area contributed by atoms with Gasteiger partial charge in [0.1, 0.15) is 11.2 Å². The van der Waals surface area contributed by atoms with Gasteiger partial charge in [-0.1, -0.05) is 0 Å². The lowest BCUT2D eigenvalue weighted by Gasteiger charge is -2.61. The molecule has 1 aliphatic heterocycles. The molecule has 0 aromatic carbocycles. The second-order valence-electron chi connectivity index (χ2n) is 7.58. The summed E-state index contributed by atoms with van der Waals surface area (Å²) in [4.78, 5) is 18.0. The lowest BCUT2D eigenvalue weighted by Crippen LogP contribution is -2.68. The number of amides is 1. The Balaban J connectivity index is 1.56. The zero-order chi connectivity index (χ0) is 16.2. The second-order valence-corrected chi connectivity index (χ2v) is 8.50. The minimum Gasteiger partial charge on any atom is -0.444 e. The Morgan fingerprint density at radius 3 is 2.50 bits per heavy atom. The van der Waals surface area contributed by atoms with E-state index < -0.39 is 11.2 Å². The zero-order valence-corrected chi connectivity index (χ0v) is 14.7. The molecule has 0 bridgehead atoms. The highest BCUT2D eigenvalue weighted by Gasteiger charge is 2.61. The van der Waals surface area contributed by atoms with E-state index in [1.165, 1.54) is 0 Å². The first-order valence-corrected chi connectivity index (χ1v) is 8.23. The highest BCUT2D eigenvalue weighted by molar-refractivity contribution is 9.10. The molecule has 2 aliphatic rings. The van der Waals surface area contributed by atoms with Crippen molar-refractivity contribution in [1.29, 1.82) is 0 Å². The van der Waals surface area contributed by atoms with Crippen LogP contribution in [0, 0.1) is 5.41 Å². The molecule has 5 nitrogen and oxygen atoms in total. The van der Waals surface area contributed by atoms with Crippen molar-refractivity contribution in [2.24, 2.45) is 5.41 Å². The second kappa shape index (κ2) is 4.93. The summed E-state index contributed by atoms with van der Waals surface area (Å²) in [5, 5.41) is 10.7. The van der Waals surface area contributed by atoms with E-state index in [4.69, 9.17) is 4.74 Å². The predicted octanol–water partition coefficient (Wildman–Crippen LogP) is 3.06. The molecule has 22 heavy (non-hydrogen) atoms. The predicted molar refractivity (Wildman–Crippen MR) is 85.3 cm³/mol. The molecule has 2 heterocycles. The Morgan fingerprint density at radius 2 is 2.00 bits per heavy atom. The van der Waals surface area contributed by atoms with Crippen LogP contribution in [-0.2, 0) is 10.3 Å². The highest BCUT2D eigenvalue weighted by Crippen LogP contribution is 2.58. The van der Waals surface area contributed by atoms with Crippen LogP contribution in [-0.4, -0.2) is 39.8 Å². The average Bonchev–Trinajstić information content (AvgIpc) is 2.30. The van der Waals surface area contributed by atoms with Gasteiger partial charge >= 0.3 is 6.09 Å². The fraction of sp³-hybridized carbons (Fsp3) is 0.625. The number of aliphatic hydroxyl groups is 1. The SMILES string of the molecule is CC(C)(C)OC(=O)N1CC2(C1)CC(O)(c1ccc(Br)cn1)C2. The zero-order valence-electron chi connectivity index (χ0n) is 13.1. The lowest BCUT2D eigenvalue weighted by molar-refractivity contribution is -0.192. The number of likely N-dealkylation sites (tertiary alicyclic amines) is 1. The lowest BCUT2D eigenvalue weighted by atomic mass is 9.54. The fourth-order valence-electron chi connectivity index (χ4n) is 3.46. The number of halogens is 1. The molecule has 0 radical (unpaired) electrons. The van der Waals surface area contributed by atoms with Crippen LogP contribution in [0.15, 0.2) is 22.8 Å². The van der Waals surface area contributed by atoms with Gasteiger partial charge < -0.3 is 14.7 Å². The molecule has 1 spiro atoms. The molecule has 1 aromatic rings. The summed E-state index contributed by atoms with van der Waals surface area (Å²) in [5.74, 6) is 0. The van der Waals surface area contributed by atoms with E-state index in [1.54, 1.807) is 11.1 Å². The summed E-state index contributed by atoms with van der Waals surface area (Å²) < 4.78 is 6.26. The Kier molecular flexibility index (Phi) is 3.53. The van der Waals surface area contributed by atoms with Crippen LogP contribution >= 0.6 is 15.9 Å². The maximum absolute atomic E-state index is 12.0. The van der Waals surface area contributed by atoms with Gasteiger partial charge in [-0.3, -0.25) is 4.98 Å². The van der Waals surface area contributed by atoms with E-state index >= 15 is 0 Å². The highest BCUT2D eigenvalue weighted by atomic mass is 79.9. The number of ether oxygens (including phenoxy) is 1. The van der Waals surface area contributed by atoms with Gasteiger partial charge in [0.05, 0.1) is 5.69 Å². The molecule has 1 N–H and O–H groups in total. The monoisotopic (exact) mass is 368 g/mol. The van der Waals surface area contributed by atoms with Crippen molar-refractivity contribution < 1.29 is 14.6 Å². The number of hydrogen-bond acceptors (Lipinski definition) is 4. The van der Waals surface area contributed by atoms with E-state index in [0.717, 1.165) is 4.47 Å². The molecule has 1 aromatic heterocycles. The van der Waals surface area contributed by atoms with E-state index in [9.17, 15) is 9.90 Å². The number of rotatable bonds is 1. The number of hydrogen-bond donors (Lipinski definition) is 1. The molecule has 120 valence electrons. The van der Waals surface area contributed by atoms with Crippen LogP contribution in [0.1, 0.15) is 39.3 Å². The average molecular weight is 369 g/mol. The minimum absolute atomic E-state index is 0.0282. The topological polar surface area (TPSA) is 62.7 Å². The Morgan fingerprint density at radius 1 is 1.36 bits per heavy atom. The maximum Gasteiger partial charge on any atom is 0.410 e. The Labute approximate surface area is 138 Å². The molecular weight excluding hydrogens is 348 g/mol. The number of nitrogens with zero attached hydrogens (tertiary/aromatic N) is 2. The summed E-state index contributed by atoms with van der Waals surface area (Å²) in [6, 6.07) is 3.74. The molecule has 3 rings (SSSR count). The molecule has 1 saturated heterocycles. The van der Waals surface area contributed by atoms with Gasteiger partial charge in [0.2, 0.25) is 0 Å². The van der Waals surface area contributed by atoms with Crippen LogP contribution in [0.2, 0.25) is 0 Å². The summed E-state index contributed by atoms with van der Waals surface area (Å²) in [5.41, 5.74) is -0.597. The van der Waals surface area contributed by atoms with Crippen molar-refractivity contribution >= 4 is 22.0 Å². The quantitative estimate of drug-likeness (QED) is 0.827. The van der Waals surface area contributed by atoms with Gasteiger partial charge in [-0.25, -0.2) is 4.79 Å². The number of carbonyl (C=O) groups is 1. The summed E-state index contributed by atoms with van der Waals surface area (Å²) in [7, 11) is 0. The summed E-state index contributed by atoms with van der Waals surface area (Å²) in [6.45, 7) is 6.90. The minimum atomic E-state index is -0.860. The standard InChI is InChI=1S/C16H21BrN2O3/c1-14(2,3)22-13(20)19-9-15(10-19)7-16(21,8-15)12-5-4-11(17)6-18-12/h4-6,21H,7-10H2,1-3H3. The van der Waals surface area contributed by atoms with Crippen molar-refractivity contribution in [2.75, 3.05) is 13.1 Å².